The first-order valence-electron chi connectivity index (χ1n) is 7.74. The number of anilines is 2. The van der Waals surface area contributed by atoms with Gasteiger partial charge in [0, 0.05) is 38.4 Å². The number of nitrogens with one attached hydrogen (secondary N) is 1. The molecule has 9 heteroatoms. The number of amides is 2. The summed E-state index contributed by atoms with van der Waals surface area (Å²) in [5.41, 5.74) is 0.416. The molecule has 25 heavy (non-hydrogen) atoms. The van der Waals surface area contributed by atoms with Gasteiger partial charge in [0.15, 0.2) is 0 Å². The van der Waals surface area contributed by atoms with Crippen molar-refractivity contribution in [3.05, 3.63) is 42.7 Å². The second-order valence-corrected chi connectivity index (χ2v) is 5.36. The van der Waals surface area contributed by atoms with Gasteiger partial charge in [0.05, 0.1) is 11.9 Å². The molecule has 2 aromatic rings. The van der Waals surface area contributed by atoms with Gasteiger partial charge in [-0.15, -0.1) is 0 Å². The molecule has 0 atom stereocenters. The van der Waals surface area contributed by atoms with Gasteiger partial charge >= 0.3 is 12.6 Å². The minimum atomic E-state index is -2.93. The maximum Gasteiger partial charge on any atom is 0.388 e. The number of carbonyl (C=O) groups is 1. The van der Waals surface area contributed by atoms with Crippen LogP contribution in [-0.2, 0) is 0 Å². The quantitative estimate of drug-likeness (QED) is 0.918. The predicted octanol–water partition coefficient (Wildman–Crippen LogP) is 2.43. The van der Waals surface area contributed by atoms with E-state index in [1.165, 1.54) is 18.3 Å². The van der Waals surface area contributed by atoms with Crippen molar-refractivity contribution in [2.24, 2.45) is 0 Å². The van der Waals surface area contributed by atoms with E-state index in [0.29, 0.717) is 31.9 Å². The summed E-state index contributed by atoms with van der Waals surface area (Å²) in [6, 6.07) is 8.21. The van der Waals surface area contributed by atoms with E-state index in [-0.39, 0.29) is 11.9 Å². The number of nitrogens with zero attached hydrogens (tertiary/aromatic N) is 4. The predicted molar refractivity (Wildman–Crippen MR) is 87.9 cm³/mol. The van der Waals surface area contributed by atoms with Crippen LogP contribution in [0.15, 0.2) is 42.7 Å². The van der Waals surface area contributed by atoms with E-state index < -0.39 is 6.61 Å². The van der Waals surface area contributed by atoms with Crippen molar-refractivity contribution in [3.63, 3.8) is 0 Å². The van der Waals surface area contributed by atoms with E-state index in [1.807, 2.05) is 18.2 Å². The molecular formula is C16H17F2N5O2. The number of hydrogen-bond donors (Lipinski definition) is 1. The fourth-order valence-electron chi connectivity index (χ4n) is 2.50. The molecule has 3 heterocycles. The SMILES string of the molecule is O=C(Nc1ccc(OC(F)F)nc1)N1CCN(c2ccccn2)CC1. The Kier molecular flexibility index (Phi) is 5.22. The van der Waals surface area contributed by atoms with Crippen LogP contribution in [0.4, 0.5) is 25.1 Å². The lowest BCUT2D eigenvalue weighted by Crippen LogP contribution is -2.50. The molecule has 0 aliphatic carbocycles. The normalized spacial score (nSPS) is 14.5. The number of rotatable bonds is 4. The lowest BCUT2D eigenvalue weighted by molar-refractivity contribution is -0.0528. The van der Waals surface area contributed by atoms with E-state index in [4.69, 9.17) is 0 Å². The fraction of sp³-hybridized carbons (Fsp3) is 0.312. The highest BCUT2D eigenvalue weighted by molar-refractivity contribution is 5.89. The van der Waals surface area contributed by atoms with Gasteiger partial charge in [-0.05, 0) is 18.2 Å². The molecular weight excluding hydrogens is 332 g/mol. The topological polar surface area (TPSA) is 70.6 Å². The number of hydrogen-bond acceptors (Lipinski definition) is 5. The molecule has 1 saturated heterocycles. The van der Waals surface area contributed by atoms with Gasteiger partial charge in [0.1, 0.15) is 5.82 Å². The van der Waals surface area contributed by atoms with Gasteiger partial charge < -0.3 is 19.9 Å². The summed E-state index contributed by atoms with van der Waals surface area (Å²) in [4.78, 5) is 24.1. The number of urea groups is 1. The van der Waals surface area contributed by atoms with Crippen LogP contribution in [0, 0.1) is 0 Å². The van der Waals surface area contributed by atoms with E-state index in [2.05, 4.69) is 24.9 Å². The number of alkyl halides is 2. The molecule has 1 fully saturated rings. The zero-order valence-electron chi connectivity index (χ0n) is 13.3. The largest absolute Gasteiger partial charge is 0.417 e. The van der Waals surface area contributed by atoms with Crippen LogP contribution in [0.2, 0.25) is 0 Å². The average molecular weight is 349 g/mol. The second-order valence-electron chi connectivity index (χ2n) is 5.36. The first-order chi connectivity index (χ1) is 12.1. The molecule has 2 aromatic heterocycles. The Labute approximate surface area is 143 Å². The van der Waals surface area contributed by atoms with Crippen LogP contribution in [0.5, 0.6) is 5.88 Å². The first kappa shape index (κ1) is 16.9. The summed E-state index contributed by atoms with van der Waals surface area (Å²) in [6.07, 6.45) is 3.02. The van der Waals surface area contributed by atoms with Gasteiger partial charge in [-0.1, -0.05) is 6.07 Å². The van der Waals surface area contributed by atoms with Crippen LogP contribution < -0.4 is 15.0 Å². The number of carbonyl (C=O) groups excluding carboxylic acids is 1. The smallest absolute Gasteiger partial charge is 0.388 e. The summed E-state index contributed by atoms with van der Waals surface area (Å²) >= 11 is 0. The molecule has 7 nitrogen and oxygen atoms in total. The van der Waals surface area contributed by atoms with Crippen molar-refractivity contribution in [3.8, 4) is 5.88 Å². The number of piperazine rings is 1. The lowest BCUT2D eigenvalue weighted by Gasteiger charge is -2.35. The molecule has 0 bridgehead atoms. The van der Waals surface area contributed by atoms with Crippen molar-refractivity contribution in [1.29, 1.82) is 0 Å². The Morgan fingerprint density at radius 1 is 1.12 bits per heavy atom. The van der Waals surface area contributed by atoms with Gasteiger partial charge in [-0.3, -0.25) is 0 Å². The van der Waals surface area contributed by atoms with E-state index >= 15 is 0 Å². The molecule has 0 aromatic carbocycles. The molecule has 1 aliphatic heterocycles. The zero-order chi connectivity index (χ0) is 17.6. The standard InChI is InChI=1S/C16H17F2N5O2/c17-15(18)25-14-5-4-12(11-20-14)21-16(24)23-9-7-22(8-10-23)13-3-1-2-6-19-13/h1-6,11,15H,7-10H2,(H,21,24). The average Bonchev–Trinajstić information content (AvgIpc) is 2.64. The first-order valence-corrected chi connectivity index (χ1v) is 7.74. The Bertz CT molecular complexity index is 691. The highest BCUT2D eigenvalue weighted by Crippen LogP contribution is 2.16. The van der Waals surface area contributed by atoms with E-state index in [1.54, 1.807) is 11.1 Å². The zero-order valence-corrected chi connectivity index (χ0v) is 13.3. The summed E-state index contributed by atoms with van der Waals surface area (Å²) in [6.45, 7) is -0.443. The highest BCUT2D eigenvalue weighted by Gasteiger charge is 2.21. The van der Waals surface area contributed by atoms with Gasteiger partial charge in [0.2, 0.25) is 5.88 Å². The van der Waals surface area contributed by atoms with Crippen LogP contribution in [-0.4, -0.2) is 53.7 Å². The summed E-state index contributed by atoms with van der Waals surface area (Å²) in [5.74, 6) is 0.693. The van der Waals surface area contributed by atoms with Crippen molar-refractivity contribution >= 4 is 17.5 Å². The van der Waals surface area contributed by atoms with Crippen molar-refractivity contribution in [1.82, 2.24) is 14.9 Å². The Morgan fingerprint density at radius 2 is 1.92 bits per heavy atom. The van der Waals surface area contributed by atoms with E-state index in [9.17, 15) is 13.6 Å². The number of pyridine rings is 2. The maximum absolute atomic E-state index is 12.3. The molecule has 0 unspecified atom stereocenters. The van der Waals surface area contributed by atoms with Crippen LogP contribution >= 0.6 is 0 Å². The third-order valence-corrected chi connectivity index (χ3v) is 3.74. The summed E-state index contributed by atoms with van der Waals surface area (Å²) < 4.78 is 28.3. The van der Waals surface area contributed by atoms with Crippen molar-refractivity contribution in [2.45, 2.75) is 6.61 Å². The Hall–Kier alpha value is -2.97. The maximum atomic E-state index is 12.3. The van der Waals surface area contributed by atoms with Crippen molar-refractivity contribution < 1.29 is 18.3 Å². The van der Waals surface area contributed by atoms with Gasteiger partial charge in [-0.2, -0.15) is 8.78 Å². The third kappa shape index (κ3) is 4.52. The lowest BCUT2D eigenvalue weighted by atomic mass is 10.3. The monoisotopic (exact) mass is 349 g/mol. The highest BCUT2D eigenvalue weighted by atomic mass is 19.3. The third-order valence-electron chi connectivity index (χ3n) is 3.74. The summed E-state index contributed by atoms with van der Waals surface area (Å²) in [5, 5.41) is 2.69. The van der Waals surface area contributed by atoms with Crippen LogP contribution in [0.1, 0.15) is 0 Å². The van der Waals surface area contributed by atoms with Gasteiger partial charge in [-0.25, -0.2) is 14.8 Å². The number of halogens is 2. The Balaban J connectivity index is 1.51. The molecule has 1 N–H and O–H groups in total. The molecule has 0 radical (unpaired) electrons. The Morgan fingerprint density at radius 3 is 2.52 bits per heavy atom. The number of aromatic nitrogens is 2. The minimum Gasteiger partial charge on any atom is -0.417 e. The minimum absolute atomic E-state index is 0.197. The molecule has 3 rings (SSSR count). The second kappa shape index (κ2) is 7.73. The molecule has 132 valence electrons. The number of ether oxygens (including phenoxy) is 1. The summed E-state index contributed by atoms with van der Waals surface area (Å²) in [7, 11) is 0. The molecule has 0 spiro atoms. The van der Waals surface area contributed by atoms with Gasteiger partial charge in [0.25, 0.3) is 0 Å². The van der Waals surface area contributed by atoms with Crippen molar-refractivity contribution in [2.75, 3.05) is 36.4 Å². The molecule has 1 aliphatic rings. The molecule has 0 saturated carbocycles. The van der Waals surface area contributed by atoms with Crippen LogP contribution in [0.25, 0.3) is 0 Å². The van der Waals surface area contributed by atoms with Crippen LogP contribution in [0.3, 0.4) is 0 Å². The molecule has 2 amide bonds. The fourth-order valence-corrected chi connectivity index (χ4v) is 2.50. The van der Waals surface area contributed by atoms with E-state index in [0.717, 1.165) is 5.82 Å².